The van der Waals surface area contributed by atoms with Crippen molar-refractivity contribution in [3.63, 3.8) is 0 Å². The van der Waals surface area contributed by atoms with Gasteiger partial charge < -0.3 is 5.11 Å². The maximum Gasteiger partial charge on any atom is 0.337 e. The van der Waals surface area contributed by atoms with Crippen LogP contribution in [0, 0.1) is 0 Å². The molecule has 5 heteroatoms. The van der Waals surface area contributed by atoms with Crippen molar-refractivity contribution in [1.82, 2.24) is 0 Å². The Hall–Kier alpha value is -1.65. The van der Waals surface area contributed by atoms with E-state index in [1.165, 1.54) is 17.4 Å². The Kier molecular flexibility index (Phi) is 3.26. The van der Waals surface area contributed by atoms with E-state index < -0.39 is 5.97 Å². The van der Waals surface area contributed by atoms with E-state index in [4.69, 9.17) is 16.7 Å². The number of carboxylic acid groups (broad SMARTS) is 1. The monoisotopic (exact) mass is 266 g/mol. The van der Waals surface area contributed by atoms with Crippen LogP contribution in [-0.4, -0.2) is 17.4 Å². The summed E-state index contributed by atoms with van der Waals surface area (Å²) in [5.41, 5.74) is 0.594. The predicted octanol–water partition coefficient (Wildman–Crippen LogP) is 3.58. The van der Waals surface area contributed by atoms with Gasteiger partial charge in [-0.2, -0.15) is 0 Å². The van der Waals surface area contributed by atoms with Crippen molar-refractivity contribution in [2.24, 2.45) is 0 Å². The number of carboxylic acids is 1. The molecule has 0 amide bonds. The normalized spacial score (nSPS) is 10.2. The minimum Gasteiger partial charge on any atom is -0.478 e. The first-order chi connectivity index (χ1) is 8.13. The predicted molar refractivity (Wildman–Crippen MR) is 67.1 cm³/mol. The molecule has 2 aromatic rings. The number of benzene rings is 1. The largest absolute Gasteiger partial charge is 0.478 e. The fourth-order valence-electron chi connectivity index (χ4n) is 1.51. The van der Waals surface area contributed by atoms with Crippen molar-refractivity contribution < 1.29 is 14.7 Å². The third kappa shape index (κ3) is 2.23. The first-order valence-electron chi connectivity index (χ1n) is 4.70. The minimum absolute atomic E-state index is 0.0634. The summed E-state index contributed by atoms with van der Waals surface area (Å²) in [5.74, 6) is -1.08. The molecule has 0 unspecified atom stereocenters. The van der Waals surface area contributed by atoms with E-state index in [0.29, 0.717) is 15.3 Å². The average Bonchev–Trinajstić information content (AvgIpc) is 2.76. The van der Waals surface area contributed by atoms with E-state index in [1.807, 2.05) is 0 Å². The Bertz CT molecular complexity index is 589. The van der Waals surface area contributed by atoms with Crippen LogP contribution in [0.15, 0.2) is 30.3 Å². The van der Waals surface area contributed by atoms with Crippen LogP contribution < -0.4 is 0 Å². The number of halogens is 1. The first kappa shape index (κ1) is 11.8. The molecular formula is C12H7ClO3S. The second-order valence-corrected chi connectivity index (χ2v) is 4.81. The molecule has 0 saturated carbocycles. The van der Waals surface area contributed by atoms with E-state index >= 15 is 0 Å². The lowest BCUT2D eigenvalue weighted by atomic mass is 10.1. The van der Waals surface area contributed by atoms with Gasteiger partial charge in [0.15, 0.2) is 6.29 Å². The Morgan fingerprint density at radius 3 is 2.65 bits per heavy atom. The van der Waals surface area contributed by atoms with Crippen LogP contribution in [0.25, 0.3) is 10.4 Å². The number of hydrogen-bond acceptors (Lipinski definition) is 3. The van der Waals surface area contributed by atoms with E-state index in [1.54, 1.807) is 24.3 Å². The first-order valence-corrected chi connectivity index (χ1v) is 5.90. The van der Waals surface area contributed by atoms with Crippen molar-refractivity contribution >= 4 is 35.2 Å². The Morgan fingerprint density at radius 2 is 2.06 bits per heavy atom. The van der Waals surface area contributed by atoms with Gasteiger partial charge in [0.05, 0.1) is 15.5 Å². The minimum atomic E-state index is -1.08. The molecule has 1 aromatic heterocycles. The molecule has 17 heavy (non-hydrogen) atoms. The molecule has 0 bridgehead atoms. The van der Waals surface area contributed by atoms with Crippen LogP contribution >= 0.6 is 22.9 Å². The molecule has 3 nitrogen and oxygen atoms in total. The van der Waals surface area contributed by atoms with Crippen molar-refractivity contribution in [3.8, 4) is 10.4 Å². The zero-order valence-electron chi connectivity index (χ0n) is 8.51. The molecule has 1 N–H and O–H groups in total. The van der Waals surface area contributed by atoms with Gasteiger partial charge in [-0.05, 0) is 18.2 Å². The second kappa shape index (κ2) is 4.69. The Balaban J connectivity index is 2.62. The maximum absolute atomic E-state index is 11.1. The van der Waals surface area contributed by atoms with Crippen molar-refractivity contribution in [1.29, 1.82) is 0 Å². The number of aldehydes is 1. The topological polar surface area (TPSA) is 54.4 Å². The molecule has 0 fully saturated rings. The molecule has 0 aliphatic rings. The number of carbonyl (C=O) groups excluding carboxylic acids is 1. The average molecular weight is 267 g/mol. The second-order valence-electron chi connectivity index (χ2n) is 3.29. The highest BCUT2D eigenvalue weighted by molar-refractivity contribution is 7.17. The molecule has 0 aliphatic carbocycles. The van der Waals surface area contributed by atoms with E-state index in [9.17, 15) is 9.59 Å². The fraction of sp³-hybridized carbons (Fsp3) is 0. The molecule has 1 heterocycles. The van der Waals surface area contributed by atoms with Crippen molar-refractivity contribution in [2.45, 2.75) is 0 Å². The highest BCUT2D eigenvalue weighted by Gasteiger charge is 2.16. The third-order valence-electron chi connectivity index (χ3n) is 2.24. The van der Waals surface area contributed by atoms with E-state index in [0.717, 1.165) is 6.29 Å². The highest BCUT2D eigenvalue weighted by Crippen LogP contribution is 2.33. The van der Waals surface area contributed by atoms with Crippen LogP contribution in [0.2, 0.25) is 5.02 Å². The number of hydrogen-bond donors (Lipinski definition) is 1. The van der Waals surface area contributed by atoms with Crippen LogP contribution in [0.1, 0.15) is 20.0 Å². The van der Waals surface area contributed by atoms with Crippen LogP contribution in [-0.2, 0) is 0 Å². The molecule has 2 rings (SSSR count). The summed E-state index contributed by atoms with van der Waals surface area (Å²) in [6, 6.07) is 8.26. The molecular weight excluding hydrogens is 260 g/mol. The Morgan fingerprint density at radius 1 is 1.29 bits per heavy atom. The number of aromatic carboxylic acids is 1. The number of carbonyl (C=O) groups is 2. The summed E-state index contributed by atoms with van der Waals surface area (Å²) >= 11 is 7.11. The van der Waals surface area contributed by atoms with Gasteiger partial charge in [0.2, 0.25) is 0 Å². The van der Waals surface area contributed by atoms with Crippen molar-refractivity contribution in [3.05, 3.63) is 45.8 Å². The highest BCUT2D eigenvalue weighted by atomic mass is 35.5. The number of rotatable bonds is 3. The molecule has 0 radical (unpaired) electrons. The molecule has 0 saturated heterocycles. The fourth-order valence-corrected chi connectivity index (χ4v) is 2.62. The van der Waals surface area contributed by atoms with Gasteiger partial charge in [-0.15, -0.1) is 11.3 Å². The standard InChI is InChI=1S/C12H7ClO3S/c13-9-3-1-2-8(11(9)12(15)16)10-5-4-7(6-14)17-10/h1-6H,(H,15,16). The lowest BCUT2D eigenvalue weighted by Crippen LogP contribution is -1.99. The molecule has 0 aliphatic heterocycles. The van der Waals surface area contributed by atoms with Crippen molar-refractivity contribution in [2.75, 3.05) is 0 Å². The lowest BCUT2D eigenvalue weighted by Gasteiger charge is -2.05. The van der Waals surface area contributed by atoms with Crippen LogP contribution in [0.3, 0.4) is 0 Å². The summed E-state index contributed by atoms with van der Waals surface area (Å²) in [4.78, 5) is 23.0. The summed E-state index contributed by atoms with van der Waals surface area (Å²) in [7, 11) is 0. The van der Waals surface area contributed by atoms with Crippen LogP contribution in [0.4, 0.5) is 0 Å². The maximum atomic E-state index is 11.1. The van der Waals surface area contributed by atoms with Gasteiger partial charge in [0, 0.05) is 10.4 Å². The lowest BCUT2D eigenvalue weighted by molar-refractivity contribution is 0.0698. The van der Waals surface area contributed by atoms with Gasteiger partial charge in [-0.1, -0.05) is 23.7 Å². The molecule has 1 aromatic carbocycles. The molecule has 86 valence electrons. The van der Waals surface area contributed by atoms with Gasteiger partial charge in [0.25, 0.3) is 0 Å². The summed E-state index contributed by atoms with van der Waals surface area (Å²) in [6.07, 6.45) is 0.735. The zero-order chi connectivity index (χ0) is 12.4. The Labute approximate surface area is 106 Å². The molecule has 0 spiro atoms. The summed E-state index contributed by atoms with van der Waals surface area (Å²) < 4.78 is 0. The van der Waals surface area contributed by atoms with E-state index in [2.05, 4.69) is 0 Å². The van der Waals surface area contributed by atoms with Gasteiger partial charge >= 0.3 is 5.97 Å². The number of thiophene rings is 1. The third-order valence-corrected chi connectivity index (χ3v) is 3.59. The van der Waals surface area contributed by atoms with E-state index in [-0.39, 0.29) is 10.6 Å². The van der Waals surface area contributed by atoms with Gasteiger partial charge in [-0.3, -0.25) is 4.79 Å². The smallest absolute Gasteiger partial charge is 0.337 e. The van der Waals surface area contributed by atoms with Gasteiger partial charge in [0.1, 0.15) is 0 Å². The van der Waals surface area contributed by atoms with Gasteiger partial charge in [-0.25, -0.2) is 4.79 Å². The van der Waals surface area contributed by atoms with Crippen LogP contribution in [0.5, 0.6) is 0 Å². The summed E-state index contributed by atoms with van der Waals surface area (Å²) in [5, 5.41) is 9.31. The summed E-state index contributed by atoms with van der Waals surface area (Å²) in [6.45, 7) is 0. The quantitative estimate of drug-likeness (QED) is 0.864. The SMILES string of the molecule is O=Cc1ccc(-c2cccc(Cl)c2C(=O)O)s1. The molecule has 0 atom stereocenters. The zero-order valence-corrected chi connectivity index (χ0v) is 10.1.